The van der Waals surface area contributed by atoms with Crippen LogP contribution >= 0.6 is 11.6 Å². The predicted molar refractivity (Wildman–Crippen MR) is 86.0 cm³/mol. The minimum Gasteiger partial charge on any atom is -0.452 e. The molecular formula is C15H12ClN3O5. The summed E-state index contributed by atoms with van der Waals surface area (Å²) in [6.07, 6.45) is 1.36. The first kappa shape index (κ1) is 17.4. The molecule has 0 bridgehead atoms. The Hall–Kier alpha value is -3.00. The topological polar surface area (TPSA) is 111 Å². The smallest absolute Gasteiger partial charge is 0.339 e. The molecule has 0 aliphatic heterocycles. The third-order valence-corrected chi connectivity index (χ3v) is 3.27. The van der Waals surface area contributed by atoms with Gasteiger partial charge in [0.1, 0.15) is 5.82 Å². The van der Waals surface area contributed by atoms with E-state index in [2.05, 4.69) is 10.3 Å². The maximum atomic E-state index is 12.0. The largest absolute Gasteiger partial charge is 0.452 e. The molecule has 0 unspecified atom stereocenters. The molecule has 0 saturated heterocycles. The van der Waals surface area contributed by atoms with Crippen LogP contribution in [0.2, 0.25) is 5.02 Å². The van der Waals surface area contributed by atoms with Crippen molar-refractivity contribution in [3.63, 3.8) is 0 Å². The van der Waals surface area contributed by atoms with Crippen molar-refractivity contribution in [1.29, 1.82) is 0 Å². The third-order valence-electron chi connectivity index (χ3n) is 3.05. The zero-order valence-corrected chi connectivity index (χ0v) is 13.2. The van der Waals surface area contributed by atoms with Gasteiger partial charge in [0, 0.05) is 17.8 Å². The summed E-state index contributed by atoms with van der Waals surface area (Å²) in [5.41, 5.74) is 0.00756. The molecule has 9 heteroatoms. The second-order valence-electron chi connectivity index (χ2n) is 4.69. The average Bonchev–Trinajstić information content (AvgIpc) is 2.54. The Morgan fingerprint density at radius 1 is 1.33 bits per heavy atom. The van der Waals surface area contributed by atoms with Gasteiger partial charge in [0.25, 0.3) is 11.6 Å². The highest BCUT2D eigenvalue weighted by Gasteiger charge is 2.19. The van der Waals surface area contributed by atoms with Gasteiger partial charge >= 0.3 is 5.97 Å². The van der Waals surface area contributed by atoms with Crippen molar-refractivity contribution in [2.24, 2.45) is 0 Å². The van der Waals surface area contributed by atoms with Crippen molar-refractivity contribution in [2.75, 3.05) is 11.9 Å². The molecule has 1 N–H and O–H groups in total. The molecule has 8 nitrogen and oxygen atoms in total. The van der Waals surface area contributed by atoms with Gasteiger partial charge in [-0.25, -0.2) is 9.78 Å². The van der Waals surface area contributed by atoms with Crippen molar-refractivity contribution in [3.8, 4) is 0 Å². The normalized spacial score (nSPS) is 10.1. The molecule has 1 aromatic carbocycles. The van der Waals surface area contributed by atoms with Crippen LogP contribution in [0.3, 0.4) is 0 Å². The lowest BCUT2D eigenvalue weighted by atomic mass is 10.1. The number of hydrogen-bond donors (Lipinski definition) is 1. The first-order valence-electron chi connectivity index (χ1n) is 6.71. The van der Waals surface area contributed by atoms with Crippen LogP contribution in [0.5, 0.6) is 0 Å². The molecule has 1 aromatic heterocycles. The van der Waals surface area contributed by atoms with Crippen LogP contribution in [0.4, 0.5) is 11.5 Å². The van der Waals surface area contributed by atoms with Gasteiger partial charge in [0.15, 0.2) is 6.61 Å². The van der Waals surface area contributed by atoms with E-state index in [0.717, 1.165) is 0 Å². The van der Waals surface area contributed by atoms with Crippen LogP contribution in [0.25, 0.3) is 0 Å². The fourth-order valence-electron chi connectivity index (χ4n) is 1.88. The minimum absolute atomic E-state index is 0.0293. The summed E-state index contributed by atoms with van der Waals surface area (Å²) in [4.78, 5) is 37.8. The van der Waals surface area contributed by atoms with Crippen molar-refractivity contribution in [1.82, 2.24) is 4.98 Å². The van der Waals surface area contributed by atoms with Crippen LogP contribution in [0, 0.1) is 17.0 Å². The Labute approximate surface area is 141 Å². The summed E-state index contributed by atoms with van der Waals surface area (Å²) in [6.45, 7) is 0.887. The molecule has 0 atom stereocenters. The van der Waals surface area contributed by atoms with Gasteiger partial charge in [0.05, 0.1) is 15.5 Å². The van der Waals surface area contributed by atoms with Gasteiger partial charge in [-0.3, -0.25) is 14.9 Å². The first-order valence-corrected chi connectivity index (χ1v) is 7.09. The quantitative estimate of drug-likeness (QED) is 0.504. The lowest BCUT2D eigenvalue weighted by Gasteiger charge is -2.08. The summed E-state index contributed by atoms with van der Waals surface area (Å²) in [5, 5.41) is 13.7. The maximum absolute atomic E-state index is 12.0. The van der Waals surface area contributed by atoms with Crippen LogP contribution < -0.4 is 5.32 Å². The molecule has 2 rings (SSSR count). The van der Waals surface area contributed by atoms with Gasteiger partial charge in [-0.1, -0.05) is 17.7 Å². The Balaban J connectivity index is 1.98. The first-order chi connectivity index (χ1) is 11.4. The van der Waals surface area contributed by atoms with E-state index in [1.165, 1.54) is 37.4 Å². The van der Waals surface area contributed by atoms with Crippen LogP contribution in [-0.4, -0.2) is 28.4 Å². The Kier molecular flexibility index (Phi) is 5.43. The molecule has 0 saturated carbocycles. The lowest BCUT2D eigenvalue weighted by molar-refractivity contribution is -0.385. The van der Waals surface area contributed by atoms with Gasteiger partial charge in [-0.2, -0.15) is 0 Å². The molecule has 124 valence electrons. The zero-order valence-electron chi connectivity index (χ0n) is 12.5. The molecule has 2 aromatic rings. The molecule has 0 spiro atoms. The second-order valence-corrected chi connectivity index (χ2v) is 5.13. The Morgan fingerprint density at radius 2 is 2.08 bits per heavy atom. The number of nitrogens with one attached hydrogen (secondary N) is 1. The van der Waals surface area contributed by atoms with E-state index in [4.69, 9.17) is 16.3 Å². The number of hydrogen-bond acceptors (Lipinski definition) is 6. The van der Waals surface area contributed by atoms with Crippen LogP contribution in [0.15, 0.2) is 36.5 Å². The summed E-state index contributed by atoms with van der Waals surface area (Å²) >= 11 is 5.68. The molecule has 24 heavy (non-hydrogen) atoms. The number of esters is 1. The van der Waals surface area contributed by atoms with Crippen molar-refractivity contribution < 1.29 is 19.2 Å². The summed E-state index contributed by atoms with van der Waals surface area (Å²) in [6, 6.07) is 7.09. The third kappa shape index (κ3) is 4.26. The number of benzene rings is 1. The molecule has 0 fully saturated rings. The minimum atomic E-state index is -0.824. The SMILES string of the molecule is Cc1c(C(=O)OCC(=O)Nc2ccc(Cl)cn2)cccc1[N+](=O)[O-]. The fourth-order valence-corrected chi connectivity index (χ4v) is 1.99. The molecule has 0 aliphatic carbocycles. The highest BCUT2D eigenvalue weighted by Crippen LogP contribution is 2.21. The molecule has 1 amide bonds. The van der Waals surface area contributed by atoms with Crippen LogP contribution in [-0.2, 0) is 9.53 Å². The highest BCUT2D eigenvalue weighted by molar-refractivity contribution is 6.30. The van der Waals surface area contributed by atoms with E-state index in [-0.39, 0.29) is 22.6 Å². The van der Waals surface area contributed by atoms with Crippen molar-refractivity contribution in [3.05, 3.63) is 62.8 Å². The number of nitrogens with zero attached hydrogens (tertiary/aromatic N) is 2. The summed E-state index contributed by atoms with van der Waals surface area (Å²) in [5.74, 6) is -1.16. The Morgan fingerprint density at radius 3 is 2.71 bits per heavy atom. The lowest BCUT2D eigenvalue weighted by Crippen LogP contribution is -2.21. The number of anilines is 1. The zero-order chi connectivity index (χ0) is 17.7. The van der Waals surface area contributed by atoms with Gasteiger partial charge in [-0.15, -0.1) is 0 Å². The number of carbonyl (C=O) groups excluding carboxylic acids is 2. The van der Waals surface area contributed by atoms with E-state index >= 15 is 0 Å². The van der Waals surface area contributed by atoms with E-state index in [1.54, 1.807) is 6.07 Å². The predicted octanol–water partition coefficient (Wildman–Crippen LogP) is 2.75. The van der Waals surface area contributed by atoms with Crippen molar-refractivity contribution in [2.45, 2.75) is 6.92 Å². The van der Waals surface area contributed by atoms with Crippen molar-refractivity contribution >= 4 is 35.0 Å². The summed E-state index contributed by atoms with van der Waals surface area (Å²) < 4.78 is 4.87. The van der Waals surface area contributed by atoms with Gasteiger partial charge < -0.3 is 10.1 Å². The number of nitro benzene ring substituents is 1. The van der Waals surface area contributed by atoms with Crippen LogP contribution in [0.1, 0.15) is 15.9 Å². The monoisotopic (exact) mass is 349 g/mol. The Bertz CT molecular complexity index is 792. The number of halogens is 1. The van der Waals surface area contributed by atoms with E-state index < -0.39 is 23.4 Å². The molecule has 1 heterocycles. The maximum Gasteiger partial charge on any atom is 0.339 e. The number of amides is 1. The second kappa shape index (κ2) is 7.51. The number of nitro groups is 1. The number of ether oxygens (including phenoxy) is 1. The summed E-state index contributed by atoms with van der Waals surface area (Å²) in [7, 11) is 0. The molecule has 0 radical (unpaired) electrons. The number of pyridine rings is 1. The molecular weight excluding hydrogens is 338 g/mol. The highest BCUT2D eigenvalue weighted by atomic mass is 35.5. The van der Waals surface area contributed by atoms with Gasteiger partial charge in [0.2, 0.25) is 0 Å². The fraction of sp³-hybridized carbons (Fsp3) is 0.133. The standard InChI is InChI=1S/C15H12ClN3O5/c1-9-11(3-2-4-12(9)19(22)23)15(21)24-8-14(20)18-13-6-5-10(16)7-17-13/h2-7H,8H2,1H3,(H,17,18,20). The van der Waals surface area contributed by atoms with Gasteiger partial charge in [-0.05, 0) is 25.1 Å². The van der Waals surface area contributed by atoms with E-state index in [9.17, 15) is 19.7 Å². The number of aromatic nitrogens is 1. The average molecular weight is 350 g/mol. The van der Waals surface area contributed by atoms with E-state index in [1.807, 2.05) is 0 Å². The number of rotatable bonds is 5. The van der Waals surface area contributed by atoms with E-state index in [0.29, 0.717) is 5.02 Å². The number of carbonyl (C=O) groups is 2. The molecule has 0 aliphatic rings.